The second-order valence-corrected chi connectivity index (χ2v) is 5.97. The van der Waals surface area contributed by atoms with Crippen LogP contribution in [0, 0.1) is 0 Å². The Morgan fingerprint density at radius 2 is 1.71 bits per heavy atom. The molecule has 0 atom stereocenters. The van der Waals surface area contributed by atoms with Crippen molar-refractivity contribution in [2.24, 2.45) is 0 Å². The molecule has 0 saturated carbocycles. The molecule has 5 nitrogen and oxygen atoms in total. The van der Waals surface area contributed by atoms with Gasteiger partial charge in [0.15, 0.2) is 0 Å². The van der Waals surface area contributed by atoms with Crippen LogP contribution in [0.1, 0.15) is 10.4 Å². The average molecular weight is 301 g/mol. The Bertz CT molecular complexity index is 927. The molecule has 0 fully saturated rings. The second kappa shape index (κ2) is 4.83. The summed E-state index contributed by atoms with van der Waals surface area (Å²) in [6.45, 7) is 0. The van der Waals surface area contributed by atoms with E-state index in [4.69, 9.17) is 4.55 Å². The Labute approximate surface area is 121 Å². The van der Waals surface area contributed by atoms with E-state index in [0.717, 1.165) is 0 Å². The Morgan fingerprint density at radius 3 is 2.38 bits per heavy atom. The minimum absolute atomic E-state index is 0.195. The molecule has 1 aromatic heterocycles. The predicted octanol–water partition coefficient (Wildman–Crippen LogP) is 2.58. The summed E-state index contributed by atoms with van der Waals surface area (Å²) in [5.41, 5.74) is 1.12. The molecule has 0 aliphatic carbocycles. The van der Waals surface area contributed by atoms with Gasteiger partial charge in [-0.2, -0.15) is 8.42 Å². The predicted molar refractivity (Wildman–Crippen MR) is 77.9 cm³/mol. The molecule has 0 unspecified atom stereocenters. The molecular formula is C15H11NO4S. The van der Waals surface area contributed by atoms with Crippen molar-refractivity contribution in [2.75, 3.05) is 0 Å². The lowest BCUT2D eigenvalue weighted by Gasteiger charge is -2.04. The molecule has 3 aromatic rings. The molecule has 1 N–H and O–H groups in total. The fraction of sp³-hybridized carbons (Fsp3) is 0. The van der Waals surface area contributed by atoms with Crippen molar-refractivity contribution in [1.82, 2.24) is 4.57 Å². The van der Waals surface area contributed by atoms with Gasteiger partial charge in [-0.15, -0.1) is 0 Å². The van der Waals surface area contributed by atoms with Crippen molar-refractivity contribution in [1.29, 1.82) is 0 Å². The quantitative estimate of drug-likeness (QED) is 0.738. The summed E-state index contributed by atoms with van der Waals surface area (Å²) in [6.07, 6.45) is 1.58. The molecule has 0 aliphatic rings. The molecule has 2 aromatic carbocycles. The van der Waals surface area contributed by atoms with Crippen LogP contribution in [0.25, 0.3) is 10.9 Å². The molecule has 0 spiro atoms. The van der Waals surface area contributed by atoms with Gasteiger partial charge in [-0.3, -0.25) is 13.9 Å². The van der Waals surface area contributed by atoms with Gasteiger partial charge in [0.1, 0.15) is 0 Å². The zero-order valence-electron chi connectivity index (χ0n) is 10.8. The maximum atomic E-state index is 12.4. The van der Waals surface area contributed by atoms with E-state index in [1.165, 1.54) is 22.8 Å². The molecule has 0 aliphatic heterocycles. The second-order valence-electron chi connectivity index (χ2n) is 4.55. The zero-order chi connectivity index (χ0) is 15.0. The van der Waals surface area contributed by atoms with Crippen LogP contribution in [0.3, 0.4) is 0 Å². The van der Waals surface area contributed by atoms with Crippen LogP contribution < -0.4 is 0 Å². The number of hydrogen-bond donors (Lipinski definition) is 1. The average Bonchev–Trinajstić information content (AvgIpc) is 2.89. The lowest BCUT2D eigenvalue weighted by Crippen LogP contribution is -2.10. The topological polar surface area (TPSA) is 76.4 Å². The molecule has 6 heteroatoms. The van der Waals surface area contributed by atoms with Gasteiger partial charge < -0.3 is 0 Å². The number of carbonyl (C=O) groups is 1. The van der Waals surface area contributed by atoms with Gasteiger partial charge in [-0.1, -0.05) is 18.2 Å². The van der Waals surface area contributed by atoms with Crippen LogP contribution in [0.4, 0.5) is 0 Å². The van der Waals surface area contributed by atoms with Crippen LogP contribution in [0.2, 0.25) is 0 Å². The molecule has 3 rings (SSSR count). The van der Waals surface area contributed by atoms with Gasteiger partial charge in [-0.25, -0.2) is 0 Å². The van der Waals surface area contributed by atoms with Crippen molar-refractivity contribution in [3.05, 3.63) is 66.4 Å². The Hall–Kier alpha value is -2.44. The molecule has 106 valence electrons. The van der Waals surface area contributed by atoms with E-state index >= 15 is 0 Å². The Morgan fingerprint density at radius 1 is 1.00 bits per heavy atom. The third-order valence-corrected chi connectivity index (χ3v) is 4.05. The number of benzene rings is 2. The Balaban J connectivity index is 2.12. The van der Waals surface area contributed by atoms with Gasteiger partial charge >= 0.3 is 0 Å². The monoisotopic (exact) mass is 301 g/mol. The third kappa shape index (κ3) is 2.46. The lowest BCUT2D eigenvalue weighted by atomic mass is 10.2. The largest absolute Gasteiger partial charge is 0.294 e. The van der Waals surface area contributed by atoms with E-state index in [2.05, 4.69) is 0 Å². The first kappa shape index (κ1) is 13.5. The number of aromatic nitrogens is 1. The Kier molecular flexibility index (Phi) is 3.12. The van der Waals surface area contributed by atoms with Crippen LogP contribution >= 0.6 is 0 Å². The highest BCUT2D eigenvalue weighted by molar-refractivity contribution is 7.85. The number of carbonyl (C=O) groups excluding carboxylic acids is 1. The number of hydrogen-bond acceptors (Lipinski definition) is 3. The number of nitrogens with zero attached hydrogens (tertiary/aromatic N) is 1. The summed E-state index contributed by atoms with van der Waals surface area (Å²) in [6, 6.07) is 14.5. The highest BCUT2D eigenvalue weighted by Crippen LogP contribution is 2.21. The van der Waals surface area contributed by atoms with Gasteiger partial charge in [0, 0.05) is 17.1 Å². The van der Waals surface area contributed by atoms with Crippen molar-refractivity contribution < 1.29 is 17.8 Å². The van der Waals surface area contributed by atoms with Gasteiger partial charge in [-0.05, 0) is 36.4 Å². The molecular weight excluding hydrogens is 290 g/mol. The molecule has 1 heterocycles. The molecule has 0 amide bonds. The maximum Gasteiger partial charge on any atom is 0.294 e. The minimum atomic E-state index is -4.25. The van der Waals surface area contributed by atoms with E-state index in [1.807, 2.05) is 6.07 Å². The van der Waals surface area contributed by atoms with Crippen molar-refractivity contribution in [2.45, 2.75) is 4.90 Å². The number of rotatable bonds is 2. The van der Waals surface area contributed by atoms with E-state index in [-0.39, 0.29) is 10.8 Å². The lowest BCUT2D eigenvalue weighted by molar-refractivity contribution is 0.0965. The summed E-state index contributed by atoms with van der Waals surface area (Å²) in [5, 5.41) is 0.564. The first-order valence-electron chi connectivity index (χ1n) is 6.15. The number of fused-ring (bicyclic) bond motifs is 1. The fourth-order valence-corrected chi connectivity index (χ4v) is 2.69. The minimum Gasteiger partial charge on any atom is -0.283 e. The summed E-state index contributed by atoms with van der Waals surface area (Å²) >= 11 is 0. The molecule has 0 bridgehead atoms. The zero-order valence-corrected chi connectivity index (χ0v) is 11.6. The molecule has 0 saturated heterocycles. The van der Waals surface area contributed by atoms with E-state index in [0.29, 0.717) is 16.5 Å². The van der Waals surface area contributed by atoms with Crippen LogP contribution in [0.15, 0.2) is 65.7 Å². The first-order chi connectivity index (χ1) is 9.97. The van der Waals surface area contributed by atoms with Crippen LogP contribution in [-0.4, -0.2) is 23.4 Å². The SMILES string of the molecule is O=C(c1ccccc1)n1ccc2cc(S(=O)(=O)O)ccc21. The van der Waals surface area contributed by atoms with Gasteiger partial charge in [0.25, 0.3) is 16.0 Å². The summed E-state index contributed by atoms with van der Waals surface area (Å²) in [4.78, 5) is 12.2. The smallest absolute Gasteiger partial charge is 0.283 e. The maximum absolute atomic E-state index is 12.4. The normalized spacial score (nSPS) is 11.7. The summed E-state index contributed by atoms with van der Waals surface area (Å²) in [5.74, 6) is -0.204. The highest BCUT2D eigenvalue weighted by atomic mass is 32.2. The van der Waals surface area contributed by atoms with Gasteiger partial charge in [0.05, 0.1) is 10.4 Å². The highest BCUT2D eigenvalue weighted by Gasteiger charge is 2.14. The third-order valence-electron chi connectivity index (χ3n) is 3.20. The van der Waals surface area contributed by atoms with Crippen molar-refractivity contribution in [3.8, 4) is 0 Å². The van der Waals surface area contributed by atoms with E-state index in [1.54, 1.807) is 36.5 Å². The van der Waals surface area contributed by atoms with Crippen LogP contribution in [0.5, 0.6) is 0 Å². The van der Waals surface area contributed by atoms with Gasteiger partial charge in [0.2, 0.25) is 0 Å². The van der Waals surface area contributed by atoms with E-state index in [9.17, 15) is 13.2 Å². The fourth-order valence-electron chi connectivity index (χ4n) is 2.18. The van der Waals surface area contributed by atoms with E-state index < -0.39 is 10.1 Å². The van der Waals surface area contributed by atoms with Crippen molar-refractivity contribution in [3.63, 3.8) is 0 Å². The van der Waals surface area contributed by atoms with Crippen molar-refractivity contribution >= 4 is 26.9 Å². The first-order valence-corrected chi connectivity index (χ1v) is 7.59. The summed E-state index contributed by atoms with van der Waals surface area (Å²) in [7, 11) is -4.25. The molecule has 21 heavy (non-hydrogen) atoms. The summed E-state index contributed by atoms with van der Waals surface area (Å²) < 4.78 is 32.7. The standard InChI is InChI=1S/C15H11NO4S/c17-15(11-4-2-1-3-5-11)16-9-8-12-10-13(21(18,19)20)6-7-14(12)16/h1-10H,(H,18,19,20). The van der Waals surface area contributed by atoms with Crippen LogP contribution in [-0.2, 0) is 10.1 Å². The molecule has 0 radical (unpaired) electrons.